The highest BCUT2D eigenvalue weighted by molar-refractivity contribution is 5.88. The van der Waals surface area contributed by atoms with Crippen molar-refractivity contribution in [1.82, 2.24) is 10.2 Å². The summed E-state index contributed by atoms with van der Waals surface area (Å²) in [7, 11) is 0. The van der Waals surface area contributed by atoms with Gasteiger partial charge in [-0.15, -0.1) is 0 Å². The van der Waals surface area contributed by atoms with Crippen molar-refractivity contribution < 1.29 is 9.59 Å². The van der Waals surface area contributed by atoms with Gasteiger partial charge in [0, 0.05) is 12.6 Å². The van der Waals surface area contributed by atoms with Crippen molar-refractivity contribution in [3.63, 3.8) is 0 Å². The predicted octanol–water partition coefficient (Wildman–Crippen LogP) is 1.45. The fourth-order valence-electron chi connectivity index (χ4n) is 2.75. The second kappa shape index (κ2) is 6.32. The summed E-state index contributed by atoms with van der Waals surface area (Å²) in [6.07, 6.45) is 1.15. The lowest BCUT2D eigenvalue weighted by atomic mass is 10.0. The minimum atomic E-state index is -0.354. The van der Waals surface area contributed by atoms with E-state index in [1.807, 2.05) is 13.8 Å². The molecule has 0 radical (unpaired) electrons. The molecule has 104 valence electrons. The molecule has 0 aromatic heterocycles. The van der Waals surface area contributed by atoms with E-state index in [2.05, 4.69) is 24.1 Å². The Labute approximate surface area is 110 Å². The summed E-state index contributed by atoms with van der Waals surface area (Å²) in [5.74, 6) is 0.786. The van der Waals surface area contributed by atoms with E-state index in [0.29, 0.717) is 18.5 Å². The highest BCUT2D eigenvalue weighted by Gasteiger charge is 2.28. The van der Waals surface area contributed by atoms with Crippen molar-refractivity contribution in [3.8, 4) is 0 Å². The van der Waals surface area contributed by atoms with Crippen LogP contribution in [0.25, 0.3) is 0 Å². The van der Waals surface area contributed by atoms with Gasteiger partial charge in [0.05, 0.1) is 12.6 Å². The van der Waals surface area contributed by atoms with Gasteiger partial charge < -0.3 is 5.32 Å². The van der Waals surface area contributed by atoms with Gasteiger partial charge in [0.2, 0.25) is 5.91 Å². The third kappa shape index (κ3) is 4.09. The van der Waals surface area contributed by atoms with Crippen LogP contribution >= 0.6 is 0 Å². The van der Waals surface area contributed by atoms with Crippen molar-refractivity contribution in [2.45, 2.75) is 53.1 Å². The third-order valence-corrected chi connectivity index (χ3v) is 3.68. The molecule has 4 nitrogen and oxygen atoms in total. The van der Waals surface area contributed by atoms with Gasteiger partial charge in [-0.1, -0.05) is 20.8 Å². The molecule has 3 atom stereocenters. The van der Waals surface area contributed by atoms with Crippen LogP contribution in [0.2, 0.25) is 0 Å². The second-order valence-corrected chi connectivity index (χ2v) is 6.02. The predicted molar refractivity (Wildman–Crippen MR) is 72.3 cm³/mol. The Balaban J connectivity index is 2.48. The maximum absolute atomic E-state index is 12.0. The van der Waals surface area contributed by atoms with Crippen LogP contribution in [0, 0.1) is 11.8 Å². The topological polar surface area (TPSA) is 49.4 Å². The smallest absolute Gasteiger partial charge is 0.234 e. The van der Waals surface area contributed by atoms with Crippen LogP contribution in [-0.2, 0) is 9.59 Å². The van der Waals surface area contributed by atoms with Crippen LogP contribution in [0.5, 0.6) is 0 Å². The van der Waals surface area contributed by atoms with Gasteiger partial charge >= 0.3 is 0 Å². The molecular weight excluding hydrogens is 228 g/mol. The van der Waals surface area contributed by atoms with Crippen molar-refractivity contribution in [2.75, 3.05) is 13.1 Å². The monoisotopic (exact) mass is 254 g/mol. The number of amides is 1. The highest BCUT2D eigenvalue weighted by atomic mass is 16.2. The van der Waals surface area contributed by atoms with Gasteiger partial charge in [-0.3, -0.25) is 14.5 Å². The number of hydrogen-bond acceptors (Lipinski definition) is 3. The molecule has 0 aromatic rings. The van der Waals surface area contributed by atoms with Crippen LogP contribution in [0.4, 0.5) is 0 Å². The van der Waals surface area contributed by atoms with E-state index in [1.165, 1.54) is 6.92 Å². The molecule has 4 heteroatoms. The first-order chi connectivity index (χ1) is 8.31. The Morgan fingerprint density at radius 3 is 2.33 bits per heavy atom. The molecule has 0 bridgehead atoms. The molecule has 1 saturated heterocycles. The average molecular weight is 254 g/mol. The molecule has 1 heterocycles. The molecule has 3 unspecified atom stereocenters. The maximum atomic E-state index is 12.0. The zero-order chi connectivity index (χ0) is 13.9. The van der Waals surface area contributed by atoms with E-state index < -0.39 is 0 Å². The second-order valence-electron chi connectivity index (χ2n) is 6.02. The molecule has 1 fully saturated rings. The molecule has 1 aliphatic heterocycles. The third-order valence-electron chi connectivity index (χ3n) is 3.68. The van der Waals surface area contributed by atoms with Crippen molar-refractivity contribution >= 4 is 11.7 Å². The minimum absolute atomic E-state index is 0.0289. The number of carbonyl (C=O) groups excluding carboxylic acids is 2. The quantitative estimate of drug-likeness (QED) is 0.808. The zero-order valence-electron chi connectivity index (χ0n) is 12.2. The maximum Gasteiger partial charge on any atom is 0.234 e. The first-order valence-corrected chi connectivity index (χ1v) is 6.85. The van der Waals surface area contributed by atoms with Crippen molar-refractivity contribution in [2.24, 2.45) is 11.8 Å². The summed E-state index contributed by atoms with van der Waals surface area (Å²) in [4.78, 5) is 25.6. The molecule has 18 heavy (non-hydrogen) atoms. The first kappa shape index (κ1) is 15.2. The van der Waals surface area contributed by atoms with E-state index in [1.54, 1.807) is 0 Å². The number of rotatable bonds is 5. The number of nitrogens with zero attached hydrogens (tertiary/aromatic N) is 1. The van der Waals surface area contributed by atoms with Gasteiger partial charge in [-0.05, 0) is 32.1 Å². The van der Waals surface area contributed by atoms with E-state index in [-0.39, 0.29) is 23.7 Å². The van der Waals surface area contributed by atoms with E-state index in [9.17, 15) is 9.59 Å². The number of carbonyl (C=O) groups is 2. The fraction of sp³-hybridized carbons (Fsp3) is 0.857. The summed E-state index contributed by atoms with van der Waals surface area (Å²) in [5, 5.41) is 2.85. The molecule has 1 amide bonds. The minimum Gasteiger partial charge on any atom is -0.345 e. The van der Waals surface area contributed by atoms with Gasteiger partial charge in [-0.2, -0.15) is 0 Å². The Morgan fingerprint density at radius 1 is 1.33 bits per heavy atom. The number of ketones is 1. The van der Waals surface area contributed by atoms with E-state index >= 15 is 0 Å². The van der Waals surface area contributed by atoms with Crippen LogP contribution in [0.15, 0.2) is 0 Å². The zero-order valence-corrected chi connectivity index (χ0v) is 12.2. The normalized spacial score (nSPS) is 26.3. The first-order valence-electron chi connectivity index (χ1n) is 6.85. The standard InChI is InChI=1S/C14H26N2O2/c1-9(2)14(12(5)17)15-13(18)8-16-7-10(3)6-11(16)4/h9-11,14H,6-8H2,1-5H3,(H,15,18). The number of Topliss-reactive ketones (excluding diaryl/α,β-unsaturated/α-hetero) is 1. The van der Waals surface area contributed by atoms with Crippen molar-refractivity contribution in [3.05, 3.63) is 0 Å². The molecule has 0 spiro atoms. The summed E-state index contributed by atoms with van der Waals surface area (Å²) in [6.45, 7) is 11.2. The lowest BCUT2D eigenvalue weighted by Gasteiger charge is -2.24. The Hall–Kier alpha value is -0.900. The van der Waals surface area contributed by atoms with Crippen LogP contribution < -0.4 is 5.32 Å². The lowest BCUT2D eigenvalue weighted by molar-refractivity contribution is -0.128. The molecule has 1 N–H and O–H groups in total. The number of likely N-dealkylation sites (tertiary alicyclic amines) is 1. The molecule has 1 rings (SSSR count). The Kier molecular flexibility index (Phi) is 5.32. The van der Waals surface area contributed by atoms with E-state index in [0.717, 1.165) is 13.0 Å². The molecule has 0 aromatic carbocycles. The number of nitrogens with one attached hydrogen (secondary N) is 1. The molecule has 0 saturated carbocycles. The average Bonchev–Trinajstić information content (AvgIpc) is 2.53. The van der Waals surface area contributed by atoms with Crippen molar-refractivity contribution in [1.29, 1.82) is 0 Å². The fourth-order valence-corrected chi connectivity index (χ4v) is 2.75. The lowest BCUT2D eigenvalue weighted by Crippen LogP contribution is -2.47. The van der Waals surface area contributed by atoms with Gasteiger partial charge in [0.1, 0.15) is 0 Å². The summed E-state index contributed by atoms with van der Waals surface area (Å²) in [6, 6.07) is 0.105. The van der Waals surface area contributed by atoms with Crippen LogP contribution in [0.3, 0.4) is 0 Å². The Bertz CT molecular complexity index is 315. The largest absolute Gasteiger partial charge is 0.345 e. The summed E-state index contributed by atoms with van der Waals surface area (Å²) in [5.41, 5.74) is 0. The molecular formula is C14H26N2O2. The summed E-state index contributed by atoms with van der Waals surface area (Å²) < 4.78 is 0. The van der Waals surface area contributed by atoms with Gasteiger partial charge in [0.15, 0.2) is 5.78 Å². The van der Waals surface area contributed by atoms with E-state index in [4.69, 9.17) is 0 Å². The Morgan fingerprint density at radius 2 is 1.94 bits per heavy atom. The molecule has 0 aliphatic carbocycles. The van der Waals surface area contributed by atoms with Crippen LogP contribution in [-0.4, -0.2) is 41.8 Å². The van der Waals surface area contributed by atoms with Crippen LogP contribution in [0.1, 0.15) is 41.0 Å². The van der Waals surface area contributed by atoms with Gasteiger partial charge in [0.25, 0.3) is 0 Å². The number of hydrogen-bond donors (Lipinski definition) is 1. The van der Waals surface area contributed by atoms with Gasteiger partial charge in [-0.25, -0.2) is 0 Å². The summed E-state index contributed by atoms with van der Waals surface area (Å²) >= 11 is 0. The molecule has 1 aliphatic rings. The highest BCUT2D eigenvalue weighted by Crippen LogP contribution is 2.21. The SMILES string of the molecule is CC(=O)C(NC(=O)CN1CC(C)CC1C)C(C)C.